The molecule has 0 amide bonds. The first-order valence-electron chi connectivity index (χ1n) is 5.13. The van der Waals surface area contributed by atoms with Gasteiger partial charge in [-0.2, -0.15) is 0 Å². The molecule has 0 atom stereocenters. The van der Waals surface area contributed by atoms with Gasteiger partial charge in [0.1, 0.15) is 0 Å². The number of benzene rings is 1. The van der Waals surface area contributed by atoms with Crippen molar-refractivity contribution in [3.05, 3.63) is 47.2 Å². The summed E-state index contributed by atoms with van der Waals surface area (Å²) in [5.74, 6) is 1.00. The van der Waals surface area contributed by atoms with Crippen LogP contribution in [-0.2, 0) is 0 Å². The normalized spacial score (nSPS) is 16.1. The third-order valence-corrected chi connectivity index (χ3v) is 3.17. The second-order valence-electron chi connectivity index (χ2n) is 3.66. The van der Waals surface area contributed by atoms with Crippen LogP contribution in [0.3, 0.4) is 0 Å². The van der Waals surface area contributed by atoms with Gasteiger partial charge in [-0.1, -0.05) is 24.3 Å². The lowest BCUT2D eigenvalue weighted by molar-refractivity contribution is 1.25. The molecule has 0 saturated carbocycles. The Morgan fingerprint density at radius 2 is 2.00 bits per heavy atom. The number of anilines is 1. The summed E-state index contributed by atoms with van der Waals surface area (Å²) in [6.45, 7) is 2.04. The third-order valence-electron chi connectivity index (χ3n) is 2.44. The van der Waals surface area contributed by atoms with Gasteiger partial charge in [0, 0.05) is 17.1 Å². The van der Waals surface area contributed by atoms with E-state index in [1.165, 1.54) is 5.57 Å². The van der Waals surface area contributed by atoms with E-state index in [1.807, 2.05) is 36.7 Å². The molecule has 0 aliphatic carbocycles. The molecular formula is C13H14N2S. The topological polar surface area (TPSA) is 38.4 Å². The van der Waals surface area contributed by atoms with Crippen molar-refractivity contribution >= 4 is 29.1 Å². The summed E-state index contributed by atoms with van der Waals surface area (Å²) in [7, 11) is 0. The van der Waals surface area contributed by atoms with Crippen LogP contribution in [-0.4, -0.2) is 11.3 Å². The van der Waals surface area contributed by atoms with E-state index in [0.717, 1.165) is 22.7 Å². The van der Waals surface area contributed by atoms with Gasteiger partial charge in [-0.3, -0.25) is 4.99 Å². The highest BCUT2D eigenvalue weighted by Gasteiger charge is 2.02. The first-order chi connectivity index (χ1) is 7.75. The maximum atomic E-state index is 5.63. The van der Waals surface area contributed by atoms with E-state index in [0.29, 0.717) is 0 Å². The van der Waals surface area contributed by atoms with Crippen LogP contribution < -0.4 is 5.73 Å². The molecule has 1 aromatic rings. The van der Waals surface area contributed by atoms with Crippen LogP contribution in [0.4, 0.5) is 5.69 Å². The number of hydrogen-bond donors (Lipinski definition) is 1. The molecule has 1 heterocycles. The number of aliphatic imine (C=N–C) groups is 1. The molecule has 0 spiro atoms. The molecule has 0 unspecified atom stereocenters. The summed E-state index contributed by atoms with van der Waals surface area (Å²) in [6, 6.07) is 7.85. The molecule has 0 bridgehead atoms. The maximum Gasteiger partial charge on any atom is 0.0603 e. The highest BCUT2D eigenvalue weighted by Crippen LogP contribution is 2.19. The lowest BCUT2D eigenvalue weighted by atomic mass is 10.1. The first kappa shape index (κ1) is 11.0. The minimum atomic E-state index is 0.797. The Kier molecular flexibility index (Phi) is 3.47. The van der Waals surface area contributed by atoms with Gasteiger partial charge >= 0.3 is 0 Å². The first-order valence-corrected chi connectivity index (χ1v) is 6.18. The average Bonchev–Trinajstić information content (AvgIpc) is 2.30. The van der Waals surface area contributed by atoms with Crippen molar-refractivity contribution in [2.45, 2.75) is 6.92 Å². The number of hydrogen-bond acceptors (Lipinski definition) is 3. The Hall–Kier alpha value is -1.48. The average molecular weight is 230 g/mol. The van der Waals surface area contributed by atoms with Gasteiger partial charge in [0.2, 0.25) is 0 Å². The van der Waals surface area contributed by atoms with Gasteiger partial charge < -0.3 is 5.73 Å². The molecule has 1 aliphatic heterocycles. The van der Waals surface area contributed by atoms with Crippen molar-refractivity contribution in [2.24, 2.45) is 4.99 Å². The summed E-state index contributed by atoms with van der Waals surface area (Å²) in [5, 5.41) is 0. The van der Waals surface area contributed by atoms with Gasteiger partial charge in [-0.15, -0.1) is 11.8 Å². The quantitative estimate of drug-likeness (QED) is 0.791. The van der Waals surface area contributed by atoms with Crippen molar-refractivity contribution in [3.63, 3.8) is 0 Å². The molecule has 82 valence electrons. The second kappa shape index (κ2) is 5.03. The molecular weight excluding hydrogens is 216 g/mol. The van der Waals surface area contributed by atoms with Gasteiger partial charge in [0.25, 0.3) is 0 Å². The summed E-state index contributed by atoms with van der Waals surface area (Å²) in [4.78, 5) is 4.28. The lowest BCUT2D eigenvalue weighted by Gasteiger charge is -2.07. The lowest BCUT2D eigenvalue weighted by Crippen LogP contribution is -1.93. The van der Waals surface area contributed by atoms with Crippen LogP contribution in [0.15, 0.2) is 46.6 Å². The predicted molar refractivity (Wildman–Crippen MR) is 73.5 cm³/mol. The predicted octanol–water partition coefficient (Wildman–Crippen LogP) is 3.33. The maximum absolute atomic E-state index is 5.63. The Morgan fingerprint density at radius 3 is 2.69 bits per heavy atom. The molecule has 0 aromatic heterocycles. The zero-order valence-electron chi connectivity index (χ0n) is 9.18. The highest BCUT2D eigenvalue weighted by atomic mass is 32.2. The van der Waals surface area contributed by atoms with E-state index in [2.05, 4.69) is 17.1 Å². The number of rotatable bonds is 2. The minimum absolute atomic E-state index is 0.797. The number of nitrogens with two attached hydrogens (primary N) is 1. The van der Waals surface area contributed by atoms with E-state index >= 15 is 0 Å². The number of nitrogen functional groups attached to an aromatic ring is 1. The molecule has 2 rings (SSSR count). The van der Waals surface area contributed by atoms with Crippen LogP contribution in [0.2, 0.25) is 0 Å². The molecule has 2 N–H and O–H groups in total. The Morgan fingerprint density at radius 1 is 1.25 bits per heavy atom. The largest absolute Gasteiger partial charge is 0.399 e. The fraction of sp³-hybridized carbons (Fsp3) is 0.154. The van der Waals surface area contributed by atoms with Crippen LogP contribution in [0.1, 0.15) is 12.5 Å². The van der Waals surface area contributed by atoms with Crippen LogP contribution in [0.5, 0.6) is 0 Å². The zero-order chi connectivity index (χ0) is 11.4. The molecule has 0 radical (unpaired) electrons. The molecule has 1 aromatic carbocycles. The number of allylic oxidation sites excluding steroid dienone is 2. The van der Waals surface area contributed by atoms with E-state index in [9.17, 15) is 0 Å². The molecule has 3 heteroatoms. The fourth-order valence-corrected chi connectivity index (χ4v) is 2.20. The van der Waals surface area contributed by atoms with Gasteiger partial charge in [-0.05, 0) is 30.2 Å². The van der Waals surface area contributed by atoms with E-state index < -0.39 is 0 Å². The summed E-state index contributed by atoms with van der Waals surface area (Å²) in [5.41, 5.74) is 11.9. The molecule has 0 fully saturated rings. The fourth-order valence-electron chi connectivity index (χ4n) is 1.40. The Balaban J connectivity index is 2.15. The van der Waals surface area contributed by atoms with Crippen molar-refractivity contribution in [1.82, 2.24) is 0 Å². The monoisotopic (exact) mass is 230 g/mol. The summed E-state index contributed by atoms with van der Waals surface area (Å²) >= 11 is 1.72. The van der Waals surface area contributed by atoms with Crippen molar-refractivity contribution in [2.75, 3.05) is 11.5 Å². The Labute approximate surface area is 100.0 Å². The van der Waals surface area contributed by atoms with Crippen molar-refractivity contribution in [3.8, 4) is 0 Å². The third kappa shape index (κ3) is 2.76. The van der Waals surface area contributed by atoms with Crippen molar-refractivity contribution < 1.29 is 0 Å². The molecule has 1 aliphatic rings. The number of nitrogens with zero attached hydrogens (tertiary/aromatic N) is 1. The van der Waals surface area contributed by atoms with Gasteiger partial charge in [0.05, 0.1) is 5.55 Å². The SMILES string of the molecule is CC1=C(/C=C/c2ccc(N)cc2)CSC=N1. The summed E-state index contributed by atoms with van der Waals surface area (Å²) in [6.07, 6.45) is 4.23. The standard InChI is InChI=1S/C13H14N2S/c1-10-12(8-16-9-15-10)5-2-11-3-6-13(14)7-4-11/h2-7,9H,8,14H2,1H3/b5-2+. The molecule has 16 heavy (non-hydrogen) atoms. The molecule has 0 saturated heterocycles. The van der Waals surface area contributed by atoms with Gasteiger partial charge in [0.15, 0.2) is 0 Å². The van der Waals surface area contributed by atoms with E-state index in [1.54, 1.807) is 11.8 Å². The minimum Gasteiger partial charge on any atom is -0.399 e. The van der Waals surface area contributed by atoms with E-state index in [-0.39, 0.29) is 0 Å². The molecule has 2 nitrogen and oxygen atoms in total. The van der Waals surface area contributed by atoms with Crippen LogP contribution in [0, 0.1) is 0 Å². The van der Waals surface area contributed by atoms with Crippen LogP contribution >= 0.6 is 11.8 Å². The van der Waals surface area contributed by atoms with Gasteiger partial charge in [-0.25, -0.2) is 0 Å². The smallest absolute Gasteiger partial charge is 0.0603 e. The highest BCUT2D eigenvalue weighted by molar-refractivity contribution is 8.12. The summed E-state index contributed by atoms with van der Waals surface area (Å²) < 4.78 is 0. The number of thioether (sulfide) groups is 1. The zero-order valence-corrected chi connectivity index (χ0v) is 10.00. The van der Waals surface area contributed by atoms with E-state index in [4.69, 9.17) is 5.73 Å². The second-order valence-corrected chi connectivity index (χ2v) is 4.49. The van der Waals surface area contributed by atoms with Crippen LogP contribution in [0.25, 0.3) is 6.08 Å². The van der Waals surface area contributed by atoms with Crippen molar-refractivity contribution in [1.29, 1.82) is 0 Å². The Bertz CT molecular complexity index is 455.